The van der Waals surface area contributed by atoms with Gasteiger partial charge in [0.1, 0.15) is 5.01 Å². The molecule has 0 amide bonds. The molecule has 3 aromatic heterocycles. The minimum Gasteiger partial charge on any atom is -0.309 e. The Balaban J connectivity index is 1.28. The molecule has 6 heteroatoms. The molecule has 0 N–H and O–H groups in total. The van der Waals surface area contributed by atoms with Crippen LogP contribution in [-0.4, -0.2) is 24.5 Å². The Labute approximate surface area is 304 Å². The highest BCUT2D eigenvalue weighted by molar-refractivity contribution is 7.21. The summed E-state index contributed by atoms with van der Waals surface area (Å²) in [4.78, 5) is 20.8. The van der Waals surface area contributed by atoms with Crippen molar-refractivity contribution in [2.75, 3.05) is 0 Å². The van der Waals surface area contributed by atoms with E-state index < -0.39 is 0 Å². The number of fused-ring (bicyclic) bond motifs is 4. The van der Waals surface area contributed by atoms with Crippen LogP contribution in [-0.2, 0) is 0 Å². The van der Waals surface area contributed by atoms with Gasteiger partial charge in [0, 0.05) is 33.0 Å². The monoisotopic (exact) mass is 683 g/mol. The van der Waals surface area contributed by atoms with Gasteiger partial charge < -0.3 is 4.57 Å². The van der Waals surface area contributed by atoms with E-state index in [1.165, 1.54) is 10.8 Å². The van der Waals surface area contributed by atoms with Crippen molar-refractivity contribution >= 4 is 43.4 Å². The average Bonchev–Trinajstić information content (AvgIpc) is 3.81. The highest BCUT2D eigenvalue weighted by Crippen LogP contribution is 2.40. The maximum absolute atomic E-state index is 5.34. The molecule has 0 aliphatic rings. The van der Waals surface area contributed by atoms with Crippen molar-refractivity contribution in [3.8, 4) is 61.5 Å². The van der Waals surface area contributed by atoms with Gasteiger partial charge in [0.25, 0.3) is 0 Å². The summed E-state index contributed by atoms with van der Waals surface area (Å²) in [6, 6.07) is 60.9. The quantitative estimate of drug-likeness (QED) is 0.175. The Bertz CT molecular complexity index is 2820. The minimum absolute atomic E-state index is 0.589. The van der Waals surface area contributed by atoms with Crippen molar-refractivity contribution in [2.24, 2.45) is 0 Å². The van der Waals surface area contributed by atoms with E-state index in [1.54, 1.807) is 11.3 Å². The molecule has 0 saturated heterocycles. The molecule has 10 rings (SSSR count). The molecule has 0 unspecified atom stereocenters. The second-order valence-corrected chi connectivity index (χ2v) is 13.7. The number of hydrogen-bond donors (Lipinski definition) is 0. The molecule has 244 valence electrons. The van der Waals surface area contributed by atoms with Gasteiger partial charge in [-0.15, -0.1) is 11.3 Å². The largest absolute Gasteiger partial charge is 0.309 e. The molecule has 0 aliphatic carbocycles. The molecular formula is C46H29N5S. The maximum atomic E-state index is 5.34. The number of benzene rings is 7. The van der Waals surface area contributed by atoms with Gasteiger partial charge in [0.15, 0.2) is 17.5 Å². The smallest absolute Gasteiger partial charge is 0.166 e. The van der Waals surface area contributed by atoms with Crippen LogP contribution in [0, 0.1) is 0 Å². The van der Waals surface area contributed by atoms with E-state index in [1.807, 2.05) is 36.4 Å². The first-order valence-electron chi connectivity index (χ1n) is 17.2. The molecule has 0 aliphatic heterocycles. The van der Waals surface area contributed by atoms with Gasteiger partial charge in [-0.2, -0.15) is 0 Å². The normalized spacial score (nSPS) is 11.5. The molecule has 7 aromatic carbocycles. The fourth-order valence-electron chi connectivity index (χ4n) is 7.10. The molecule has 0 atom stereocenters. The van der Waals surface area contributed by atoms with Gasteiger partial charge in [-0.1, -0.05) is 133 Å². The number of rotatable bonds is 6. The zero-order valence-corrected chi connectivity index (χ0v) is 28.7. The highest BCUT2D eigenvalue weighted by Gasteiger charge is 2.21. The van der Waals surface area contributed by atoms with Crippen LogP contribution in [0.5, 0.6) is 0 Å². The van der Waals surface area contributed by atoms with E-state index in [0.29, 0.717) is 17.5 Å². The Hall–Kier alpha value is -6.76. The van der Waals surface area contributed by atoms with Crippen molar-refractivity contribution < 1.29 is 0 Å². The Kier molecular flexibility index (Phi) is 7.25. The van der Waals surface area contributed by atoms with E-state index in [9.17, 15) is 0 Å². The van der Waals surface area contributed by atoms with Gasteiger partial charge in [-0.3, -0.25) is 0 Å². The van der Waals surface area contributed by atoms with Crippen LogP contribution in [0.2, 0.25) is 0 Å². The van der Waals surface area contributed by atoms with Crippen LogP contribution >= 0.6 is 11.3 Å². The molecule has 0 bridgehead atoms. The van der Waals surface area contributed by atoms with Crippen LogP contribution in [0.15, 0.2) is 176 Å². The summed E-state index contributed by atoms with van der Waals surface area (Å²) in [6.45, 7) is 0. The van der Waals surface area contributed by atoms with Crippen molar-refractivity contribution in [1.82, 2.24) is 24.5 Å². The van der Waals surface area contributed by atoms with Gasteiger partial charge in [0.2, 0.25) is 0 Å². The van der Waals surface area contributed by atoms with Crippen LogP contribution < -0.4 is 0 Å². The van der Waals surface area contributed by atoms with Crippen LogP contribution in [0.4, 0.5) is 0 Å². The predicted molar refractivity (Wildman–Crippen MR) is 215 cm³/mol. The molecule has 0 fully saturated rings. The summed E-state index contributed by atoms with van der Waals surface area (Å²) in [6.07, 6.45) is 0. The molecule has 52 heavy (non-hydrogen) atoms. The summed E-state index contributed by atoms with van der Waals surface area (Å²) in [5.41, 5.74) is 10.1. The zero-order valence-electron chi connectivity index (χ0n) is 27.9. The number of para-hydroxylation sites is 3. The van der Waals surface area contributed by atoms with Crippen molar-refractivity contribution in [3.05, 3.63) is 176 Å². The summed E-state index contributed by atoms with van der Waals surface area (Å²) in [5.74, 6) is 1.82. The zero-order chi connectivity index (χ0) is 34.4. The molecule has 0 radical (unpaired) electrons. The number of aromatic nitrogens is 5. The van der Waals surface area contributed by atoms with Gasteiger partial charge >= 0.3 is 0 Å². The lowest BCUT2D eigenvalue weighted by molar-refractivity contribution is 1.06. The molecule has 5 nitrogen and oxygen atoms in total. The third kappa shape index (κ3) is 5.16. The molecule has 0 saturated carbocycles. The summed E-state index contributed by atoms with van der Waals surface area (Å²) < 4.78 is 3.49. The average molecular weight is 684 g/mol. The van der Waals surface area contributed by atoms with Crippen LogP contribution in [0.1, 0.15) is 0 Å². The third-order valence-electron chi connectivity index (χ3n) is 9.52. The predicted octanol–water partition coefficient (Wildman–Crippen LogP) is 11.9. The van der Waals surface area contributed by atoms with Gasteiger partial charge in [0.05, 0.1) is 26.9 Å². The fraction of sp³-hybridized carbons (Fsp3) is 0. The second-order valence-electron chi connectivity index (χ2n) is 12.7. The van der Waals surface area contributed by atoms with E-state index in [0.717, 1.165) is 65.3 Å². The van der Waals surface area contributed by atoms with Gasteiger partial charge in [-0.25, -0.2) is 19.9 Å². The van der Waals surface area contributed by atoms with Crippen molar-refractivity contribution in [3.63, 3.8) is 0 Å². The van der Waals surface area contributed by atoms with E-state index >= 15 is 0 Å². The standard InChI is InChI=1S/C46H29N5S/c1-3-15-30(16-4-1)33-19-7-8-22-36(33)44-48-43(31-17-5-2-6-18-31)49-45(50-44)37-29-32(46-47-38-23-11-14-26-42(38)52-46)27-28-41(37)51-39-24-12-9-20-34(39)35-21-10-13-25-40(35)51/h1-29H. The second kappa shape index (κ2) is 12.5. The first-order valence-corrected chi connectivity index (χ1v) is 18.1. The lowest BCUT2D eigenvalue weighted by atomic mass is 9.99. The SMILES string of the molecule is c1ccc(-c2nc(-c3ccccc3-c3ccccc3)nc(-c3cc(-c4nc5ccccc5s4)ccc3-n3c4ccccc4c4ccccc43)n2)cc1. The Morgan fingerprint density at radius 1 is 0.385 bits per heavy atom. The van der Waals surface area contributed by atoms with Crippen LogP contribution in [0.25, 0.3) is 93.6 Å². The first-order chi connectivity index (χ1) is 25.8. The third-order valence-corrected chi connectivity index (χ3v) is 10.6. The summed E-state index contributed by atoms with van der Waals surface area (Å²) in [7, 11) is 0. The molecule has 0 spiro atoms. The Morgan fingerprint density at radius 2 is 0.942 bits per heavy atom. The summed E-state index contributed by atoms with van der Waals surface area (Å²) >= 11 is 1.69. The Morgan fingerprint density at radius 3 is 1.65 bits per heavy atom. The van der Waals surface area contributed by atoms with Crippen molar-refractivity contribution in [2.45, 2.75) is 0 Å². The summed E-state index contributed by atoms with van der Waals surface area (Å²) in [5, 5.41) is 3.33. The number of nitrogens with zero attached hydrogens (tertiary/aromatic N) is 5. The van der Waals surface area contributed by atoms with E-state index in [2.05, 4.69) is 144 Å². The molecule has 10 aromatic rings. The lowest BCUT2D eigenvalue weighted by Gasteiger charge is -2.16. The van der Waals surface area contributed by atoms with Crippen molar-refractivity contribution in [1.29, 1.82) is 0 Å². The van der Waals surface area contributed by atoms with Gasteiger partial charge in [-0.05, 0) is 53.6 Å². The highest BCUT2D eigenvalue weighted by atomic mass is 32.1. The molecule has 3 heterocycles. The minimum atomic E-state index is 0.589. The number of thiazole rings is 1. The lowest BCUT2D eigenvalue weighted by Crippen LogP contribution is -2.04. The molecular weight excluding hydrogens is 655 g/mol. The topological polar surface area (TPSA) is 56.5 Å². The first kappa shape index (κ1) is 30.1. The fourth-order valence-corrected chi connectivity index (χ4v) is 8.06. The van der Waals surface area contributed by atoms with E-state index in [4.69, 9.17) is 19.9 Å². The van der Waals surface area contributed by atoms with E-state index in [-0.39, 0.29) is 0 Å². The maximum Gasteiger partial charge on any atom is 0.166 e. The number of hydrogen-bond acceptors (Lipinski definition) is 5. The van der Waals surface area contributed by atoms with Crippen LogP contribution in [0.3, 0.4) is 0 Å².